The van der Waals surface area contributed by atoms with Crippen molar-refractivity contribution < 1.29 is 9.53 Å². The largest absolute Gasteiger partial charge is 0.494 e. The van der Waals surface area contributed by atoms with E-state index in [0.717, 1.165) is 28.9 Å². The molecule has 1 aromatic carbocycles. The molecule has 0 N–H and O–H groups in total. The minimum absolute atomic E-state index is 0.161. The summed E-state index contributed by atoms with van der Waals surface area (Å²) in [5, 5.41) is 0. The maximum atomic E-state index is 11.9. The number of halogens is 1. The van der Waals surface area contributed by atoms with Crippen LogP contribution in [0.3, 0.4) is 0 Å². The molecule has 0 aliphatic rings. The van der Waals surface area contributed by atoms with E-state index in [-0.39, 0.29) is 5.78 Å². The fourth-order valence-corrected chi connectivity index (χ4v) is 1.91. The molecule has 0 heterocycles. The van der Waals surface area contributed by atoms with Crippen molar-refractivity contribution >= 4 is 17.4 Å². The number of hydrogen-bond donors (Lipinski definition) is 0. The summed E-state index contributed by atoms with van der Waals surface area (Å²) in [6, 6.07) is 3.73. The number of Topliss-reactive ketones (excluding diaryl/α,β-unsaturated/α-hetero) is 1. The molecule has 0 saturated carbocycles. The van der Waals surface area contributed by atoms with Crippen LogP contribution < -0.4 is 4.74 Å². The van der Waals surface area contributed by atoms with E-state index in [1.807, 2.05) is 32.9 Å². The van der Waals surface area contributed by atoms with Gasteiger partial charge in [0.15, 0.2) is 5.78 Å². The molecule has 0 unspecified atom stereocenters. The van der Waals surface area contributed by atoms with Crippen molar-refractivity contribution in [1.82, 2.24) is 0 Å². The van der Waals surface area contributed by atoms with Gasteiger partial charge in [0.05, 0.1) is 6.61 Å². The van der Waals surface area contributed by atoms with E-state index in [4.69, 9.17) is 16.3 Å². The second kappa shape index (κ2) is 6.65. The Hall–Kier alpha value is -1.02. The van der Waals surface area contributed by atoms with Crippen molar-refractivity contribution in [3.8, 4) is 5.75 Å². The van der Waals surface area contributed by atoms with E-state index in [0.29, 0.717) is 18.9 Å². The standard InChI is InChI=1S/C14H19ClO2/c1-4-17-14-8-7-12(10(2)11(14)3)13(16)6-5-9-15/h7-8H,4-6,9H2,1-3H3. The number of ether oxygens (including phenoxy) is 1. The summed E-state index contributed by atoms with van der Waals surface area (Å²) in [5.74, 6) is 1.55. The fourth-order valence-electron chi connectivity index (χ4n) is 1.77. The average molecular weight is 255 g/mol. The van der Waals surface area contributed by atoms with E-state index in [1.54, 1.807) is 0 Å². The Morgan fingerprint density at radius 3 is 2.59 bits per heavy atom. The summed E-state index contributed by atoms with van der Waals surface area (Å²) in [4.78, 5) is 11.9. The van der Waals surface area contributed by atoms with Gasteiger partial charge in [0, 0.05) is 17.9 Å². The SMILES string of the molecule is CCOc1ccc(C(=O)CCCCl)c(C)c1C. The lowest BCUT2D eigenvalue weighted by Crippen LogP contribution is -2.05. The molecule has 0 radical (unpaired) electrons. The van der Waals surface area contributed by atoms with E-state index in [1.165, 1.54) is 0 Å². The van der Waals surface area contributed by atoms with Gasteiger partial charge in [-0.15, -0.1) is 11.6 Å². The van der Waals surface area contributed by atoms with E-state index >= 15 is 0 Å². The van der Waals surface area contributed by atoms with Crippen molar-refractivity contribution in [1.29, 1.82) is 0 Å². The van der Waals surface area contributed by atoms with Gasteiger partial charge in [0.25, 0.3) is 0 Å². The van der Waals surface area contributed by atoms with Crippen molar-refractivity contribution in [3.63, 3.8) is 0 Å². The zero-order valence-corrected chi connectivity index (χ0v) is 11.4. The Bertz CT molecular complexity index is 399. The number of ketones is 1. The number of carbonyl (C=O) groups excluding carboxylic acids is 1. The molecule has 1 rings (SSSR count). The monoisotopic (exact) mass is 254 g/mol. The van der Waals surface area contributed by atoms with Crippen molar-refractivity contribution in [2.45, 2.75) is 33.6 Å². The van der Waals surface area contributed by atoms with Crippen molar-refractivity contribution in [2.75, 3.05) is 12.5 Å². The first-order valence-corrected chi connectivity index (χ1v) is 6.47. The maximum absolute atomic E-state index is 11.9. The summed E-state index contributed by atoms with van der Waals surface area (Å²) in [6.45, 7) is 6.54. The predicted molar refractivity (Wildman–Crippen MR) is 71.4 cm³/mol. The number of hydrogen-bond acceptors (Lipinski definition) is 2. The van der Waals surface area contributed by atoms with Crippen LogP contribution in [0.25, 0.3) is 0 Å². The van der Waals surface area contributed by atoms with Gasteiger partial charge in [-0.1, -0.05) is 0 Å². The first kappa shape index (κ1) is 14.0. The Labute approximate surface area is 108 Å². The van der Waals surface area contributed by atoms with Crippen LogP contribution in [0.2, 0.25) is 0 Å². The van der Waals surface area contributed by atoms with Gasteiger partial charge in [-0.05, 0) is 50.5 Å². The van der Waals surface area contributed by atoms with Gasteiger partial charge >= 0.3 is 0 Å². The minimum Gasteiger partial charge on any atom is -0.494 e. The molecule has 0 amide bonds. The van der Waals surface area contributed by atoms with Crippen LogP contribution in [0.1, 0.15) is 41.3 Å². The third-order valence-electron chi connectivity index (χ3n) is 2.88. The van der Waals surface area contributed by atoms with E-state index < -0.39 is 0 Å². The molecule has 0 fully saturated rings. The molecule has 94 valence electrons. The molecule has 0 atom stereocenters. The van der Waals surface area contributed by atoms with Crippen LogP contribution in [0, 0.1) is 13.8 Å². The van der Waals surface area contributed by atoms with Crippen LogP contribution in [0.4, 0.5) is 0 Å². The molecule has 0 spiro atoms. The highest BCUT2D eigenvalue weighted by atomic mass is 35.5. The molecule has 0 aliphatic heterocycles. The minimum atomic E-state index is 0.161. The van der Waals surface area contributed by atoms with Crippen LogP contribution in [0.5, 0.6) is 5.75 Å². The summed E-state index contributed by atoms with van der Waals surface area (Å²) in [5.41, 5.74) is 2.84. The van der Waals surface area contributed by atoms with Crippen LogP contribution in [-0.4, -0.2) is 18.3 Å². The number of carbonyl (C=O) groups is 1. The summed E-state index contributed by atoms with van der Waals surface area (Å²) in [7, 11) is 0. The molecule has 0 bridgehead atoms. The maximum Gasteiger partial charge on any atom is 0.163 e. The highest BCUT2D eigenvalue weighted by Crippen LogP contribution is 2.25. The van der Waals surface area contributed by atoms with Crippen LogP contribution in [0.15, 0.2) is 12.1 Å². The second-order valence-corrected chi connectivity index (χ2v) is 4.39. The second-order valence-electron chi connectivity index (χ2n) is 4.01. The normalized spacial score (nSPS) is 10.4. The highest BCUT2D eigenvalue weighted by Gasteiger charge is 2.12. The first-order chi connectivity index (χ1) is 8.11. The average Bonchev–Trinajstić information content (AvgIpc) is 2.32. The van der Waals surface area contributed by atoms with Crippen LogP contribution >= 0.6 is 11.6 Å². The Balaban J connectivity index is 2.95. The summed E-state index contributed by atoms with van der Waals surface area (Å²) < 4.78 is 5.50. The Kier molecular flexibility index (Phi) is 5.49. The first-order valence-electron chi connectivity index (χ1n) is 5.94. The molecule has 2 nitrogen and oxygen atoms in total. The summed E-state index contributed by atoms with van der Waals surface area (Å²) >= 11 is 5.60. The fraction of sp³-hybridized carbons (Fsp3) is 0.500. The summed E-state index contributed by atoms with van der Waals surface area (Å²) in [6.07, 6.45) is 1.24. The van der Waals surface area contributed by atoms with Crippen molar-refractivity contribution in [3.05, 3.63) is 28.8 Å². The topological polar surface area (TPSA) is 26.3 Å². The third-order valence-corrected chi connectivity index (χ3v) is 3.14. The zero-order chi connectivity index (χ0) is 12.8. The lowest BCUT2D eigenvalue weighted by molar-refractivity contribution is 0.0981. The molecular formula is C14H19ClO2. The van der Waals surface area contributed by atoms with Gasteiger partial charge in [-0.25, -0.2) is 0 Å². The number of benzene rings is 1. The highest BCUT2D eigenvalue weighted by molar-refractivity contribution is 6.18. The molecular weight excluding hydrogens is 236 g/mol. The van der Waals surface area contributed by atoms with Gasteiger partial charge < -0.3 is 4.74 Å². The molecule has 0 aromatic heterocycles. The molecule has 0 aliphatic carbocycles. The smallest absolute Gasteiger partial charge is 0.163 e. The van der Waals surface area contributed by atoms with E-state index in [2.05, 4.69) is 0 Å². The lowest BCUT2D eigenvalue weighted by atomic mass is 9.97. The van der Waals surface area contributed by atoms with Gasteiger partial charge in [0.1, 0.15) is 5.75 Å². The van der Waals surface area contributed by atoms with Gasteiger partial charge in [-0.2, -0.15) is 0 Å². The Morgan fingerprint density at radius 1 is 1.29 bits per heavy atom. The quantitative estimate of drug-likeness (QED) is 0.568. The van der Waals surface area contributed by atoms with Gasteiger partial charge in [0.2, 0.25) is 0 Å². The van der Waals surface area contributed by atoms with Crippen molar-refractivity contribution in [2.24, 2.45) is 0 Å². The van der Waals surface area contributed by atoms with Crippen LogP contribution in [-0.2, 0) is 0 Å². The third kappa shape index (κ3) is 3.47. The van der Waals surface area contributed by atoms with Gasteiger partial charge in [-0.3, -0.25) is 4.79 Å². The molecule has 17 heavy (non-hydrogen) atoms. The number of alkyl halides is 1. The predicted octanol–water partition coefficient (Wildman–Crippen LogP) is 3.90. The molecule has 0 saturated heterocycles. The number of rotatable bonds is 6. The molecule has 1 aromatic rings. The Morgan fingerprint density at radius 2 is 2.00 bits per heavy atom. The zero-order valence-electron chi connectivity index (χ0n) is 10.7. The molecule has 3 heteroatoms. The lowest BCUT2D eigenvalue weighted by Gasteiger charge is -2.12. The van der Waals surface area contributed by atoms with E-state index in [9.17, 15) is 4.79 Å².